The molecule has 28 heavy (non-hydrogen) atoms. The molecular formula is C21H23NO6. The molecule has 0 atom stereocenters. The average molecular weight is 385 g/mol. The molecule has 0 radical (unpaired) electrons. The van der Waals surface area contributed by atoms with Gasteiger partial charge in [-0.1, -0.05) is 13.3 Å². The maximum Gasteiger partial charge on any atom is 0.337 e. The Morgan fingerprint density at radius 2 is 1.43 bits per heavy atom. The maximum absolute atomic E-state index is 12.5. The minimum atomic E-state index is -0.630. The monoisotopic (exact) mass is 385 g/mol. The van der Waals surface area contributed by atoms with E-state index < -0.39 is 17.8 Å². The molecule has 0 aromatic heterocycles. The van der Waals surface area contributed by atoms with E-state index in [1.165, 1.54) is 32.4 Å². The molecule has 0 saturated carbocycles. The van der Waals surface area contributed by atoms with Crippen LogP contribution in [0.2, 0.25) is 0 Å². The third-order valence-electron chi connectivity index (χ3n) is 3.92. The highest BCUT2D eigenvalue weighted by Crippen LogP contribution is 2.19. The molecule has 148 valence electrons. The van der Waals surface area contributed by atoms with E-state index in [2.05, 4.69) is 21.7 Å². The van der Waals surface area contributed by atoms with Crippen molar-refractivity contribution in [1.82, 2.24) is 0 Å². The molecule has 2 aromatic carbocycles. The predicted molar refractivity (Wildman–Crippen MR) is 104 cm³/mol. The number of rotatable bonds is 8. The fourth-order valence-electron chi connectivity index (χ4n) is 2.41. The summed E-state index contributed by atoms with van der Waals surface area (Å²) in [6.45, 7) is 2.70. The van der Waals surface area contributed by atoms with Gasteiger partial charge in [-0.25, -0.2) is 9.59 Å². The van der Waals surface area contributed by atoms with Gasteiger partial charge in [-0.2, -0.15) is 0 Å². The first-order chi connectivity index (χ1) is 13.5. The van der Waals surface area contributed by atoms with Crippen LogP contribution in [-0.4, -0.2) is 38.7 Å². The van der Waals surface area contributed by atoms with Gasteiger partial charge in [0.05, 0.1) is 32.0 Å². The van der Waals surface area contributed by atoms with Crippen molar-refractivity contribution in [3.8, 4) is 5.75 Å². The van der Waals surface area contributed by atoms with Crippen molar-refractivity contribution in [1.29, 1.82) is 0 Å². The zero-order valence-electron chi connectivity index (χ0n) is 16.1. The van der Waals surface area contributed by atoms with Crippen LogP contribution in [-0.2, 0) is 9.47 Å². The smallest absolute Gasteiger partial charge is 0.337 e. The van der Waals surface area contributed by atoms with Gasteiger partial charge in [-0.3, -0.25) is 4.79 Å². The minimum absolute atomic E-state index is 0.125. The Morgan fingerprint density at radius 3 is 1.93 bits per heavy atom. The van der Waals surface area contributed by atoms with E-state index in [1.54, 1.807) is 24.3 Å². The van der Waals surface area contributed by atoms with Crippen molar-refractivity contribution in [2.75, 3.05) is 26.1 Å². The number of nitrogens with one attached hydrogen (secondary N) is 1. The third-order valence-corrected chi connectivity index (χ3v) is 3.92. The molecular weight excluding hydrogens is 362 g/mol. The zero-order chi connectivity index (χ0) is 20.5. The Labute approximate surface area is 163 Å². The fraction of sp³-hybridized carbons (Fsp3) is 0.286. The number of ether oxygens (including phenoxy) is 3. The van der Waals surface area contributed by atoms with Crippen LogP contribution < -0.4 is 10.1 Å². The molecule has 1 amide bonds. The second-order valence-electron chi connectivity index (χ2n) is 5.96. The summed E-state index contributed by atoms with van der Waals surface area (Å²) in [6, 6.07) is 10.9. The van der Waals surface area contributed by atoms with Crippen LogP contribution in [0.25, 0.3) is 0 Å². The lowest BCUT2D eigenvalue weighted by atomic mass is 10.1. The lowest BCUT2D eigenvalue weighted by Crippen LogP contribution is -2.14. The second kappa shape index (κ2) is 10.1. The first-order valence-corrected chi connectivity index (χ1v) is 8.84. The SMILES string of the molecule is CCCCOc1ccc(C(=O)Nc2cc(C(=O)OC)cc(C(=O)OC)c2)cc1. The van der Waals surface area contributed by atoms with Crippen molar-refractivity contribution in [3.05, 3.63) is 59.2 Å². The summed E-state index contributed by atoms with van der Waals surface area (Å²) in [4.78, 5) is 36.2. The Hall–Kier alpha value is -3.35. The number of benzene rings is 2. The number of carbonyl (C=O) groups is 3. The maximum atomic E-state index is 12.5. The summed E-state index contributed by atoms with van der Waals surface area (Å²) >= 11 is 0. The number of methoxy groups -OCH3 is 2. The Kier molecular flexibility index (Phi) is 7.56. The van der Waals surface area contributed by atoms with E-state index in [4.69, 9.17) is 4.74 Å². The number of amides is 1. The van der Waals surface area contributed by atoms with E-state index in [0.717, 1.165) is 12.8 Å². The number of unbranched alkanes of at least 4 members (excludes halogenated alkanes) is 1. The minimum Gasteiger partial charge on any atom is -0.494 e. The van der Waals surface area contributed by atoms with Gasteiger partial charge in [0, 0.05) is 11.3 Å². The van der Waals surface area contributed by atoms with Crippen molar-refractivity contribution in [2.45, 2.75) is 19.8 Å². The first kappa shape index (κ1) is 21.0. The highest BCUT2D eigenvalue weighted by molar-refractivity contribution is 6.06. The van der Waals surface area contributed by atoms with E-state index >= 15 is 0 Å². The fourth-order valence-corrected chi connectivity index (χ4v) is 2.41. The quantitative estimate of drug-likeness (QED) is 0.550. The molecule has 2 aromatic rings. The van der Waals surface area contributed by atoms with Gasteiger partial charge in [-0.05, 0) is 48.9 Å². The summed E-state index contributed by atoms with van der Waals surface area (Å²) < 4.78 is 14.9. The van der Waals surface area contributed by atoms with E-state index in [1.807, 2.05) is 0 Å². The number of hydrogen-bond acceptors (Lipinski definition) is 6. The molecule has 0 unspecified atom stereocenters. The zero-order valence-corrected chi connectivity index (χ0v) is 16.1. The number of carbonyl (C=O) groups excluding carboxylic acids is 3. The largest absolute Gasteiger partial charge is 0.494 e. The molecule has 0 fully saturated rings. The van der Waals surface area contributed by atoms with Crippen LogP contribution in [0.15, 0.2) is 42.5 Å². The number of hydrogen-bond donors (Lipinski definition) is 1. The van der Waals surface area contributed by atoms with Crippen LogP contribution in [0, 0.1) is 0 Å². The summed E-state index contributed by atoms with van der Waals surface area (Å²) in [6.07, 6.45) is 2.00. The third kappa shape index (κ3) is 5.57. The van der Waals surface area contributed by atoms with Gasteiger partial charge in [-0.15, -0.1) is 0 Å². The molecule has 2 rings (SSSR count). The van der Waals surface area contributed by atoms with Gasteiger partial charge in [0.2, 0.25) is 0 Å². The van der Waals surface area contributed by atoms with Crippen molar-refractivity contribution in [3.63, 3.8) is 0 Å². The highest BCUT2D eigenvalue weighted by Gasteiger charge is 2.15. The molecule has 0 saturated heterocycles. The van der Waals surface area contributed by atoms with Crippen LogP contribution in [0.4, 0.5) is 5.69 Å². The molecule has 0 aliphatic carbocycles. The van der Waals surface area contributed by atoms with Gasteiger partial charge >= 0.3 is 11.9 Å². The van der Waals surface area contributed by atoms with Gasteiger partial charge in [0.25, 0.3) is 5.91 Å². The van der Waals surface area contributed by atoms with Crippen LogP contribution in [0.5, 0.6) is 5.75 Å². The number of anilines is 1. The molecule has 1 N–H and O–H groups in total. The first-order valence-electron chi connectivity index (χ1n) is 8.84. The summed E-state index contributed by atoms with van der Waals surface area (Å²) in [5.41, 5.74) is 0.934. The second-order valence-corrected chi connectivity index (χ2v) is 5.96. The molecule has 0 aliphatic rings. The van der Waals surface area contributed by atoms with Gasteiger partial charge in [0.15, 0.2) is 0 Å². The molecule has 7 heteroatoms. The molecule has 0 bridgehead atoms. The highest BCUT2D eigenvalue weighted by atomic mass is 16.5. The Balaban J connectivity index is 2.18. The van der Waals surface area contributed by atoms with Crippen molar-refractivity contribution in [2.24, 2.45) is 0 Å². The summed E-state index contributed by atoms with van der Waals surface area (Å²) in [5, 5.41) is 2.67. The number of esters is 2. The van der Waals surface area contributed by atoms with E-state index in [-0.39, 0.29) is 16.8 Å². The van der Waals surface area contributed by atoms with Crippen LogP contribution in [0.3, 0.4) is 0 Å². The Bertz CT molecular complexity index is 810. The van der Waals surface area contributed by atoms with Gasteiger partial charge in [0.1, 0.15) is 5.75 Å². The molecule has 0 aliphatic heterocycles. The topological polar surface area (TPSA) is 90.9 Å². The summed E-state index contributed by atoms with van der Waals surface area (Å²) in [7, 11) is 2.46. The molecule has 0 spiro atoms. The van der Waals surface area contributed by atoms with Crippen LogP contribution in [0.1, 0.15) is 50.8 Å². The van der Waals surface area contributed by atoms with E-state index in [0.29, 0.717) is 17.9 Å². The normalized spacial score (nSPS) is 10.1. The summed E-state index contributed by atoms with van der Waals surface area (Å²) in [5.74, 6) is -0.965. The lowest BCUT2D eigenvalue weighted by Gasteiger charge is -2.10. The Morgan fingerprint density at radius 1 is 0.857 bits per heavy atom. The predicted octanol–water partition coefficient (Wildman–Crippen LogP) is 3.69. The lowest BCUT2D eigenvalue weighted by molar-refractivity contribution is 0.0599. The standard InChI is InChI=1S/C21H23NO6/c1-4-5-10-28-18-8-6-14(7-9-18)19(23)22-17-12-15(20(24)26-2)11-16(13-17)21(25)27-3/h6-9,11-13H,4-5,10H2,1-3H3,(H,22,23). The molecule has 7 nitrogen and oxygen atoms in total. The molecule has 0 heterocycles. The van der Waals surface area contributed by atoms with Crippen molar-refractivity contribution < 1.29 is 28.6 Å². The van der Waals surface area contributed by atoms with Crippen LogP contribution >= 0.6 is 0 Å². The van der Waals surface area contributed by atoms with Gasteiger partial charge < -0.3 is 19.5 Å². The average Bonchev–Trinajstić information content (AvgIpc) is 2.72. The van der Waals surface area contributed by atoms with Crippen molar-refractivity contribution >= 4 is 23.5 Å². The van der Waals surface area contributed by atoms with E-state index in [9.17, 15) is 14.4 Å².